The molecule has 0 saturated carbocycles. The van der Waals surface area contributed by atoms with Gasteiger partial charge in [-0.2, -0.15) is 4.98 Å². The molecule has 2 heterocycles. The van der Waals surface area contributed by atoms with Crippen LogP contribution in [0.3, 0.4) is 0 Å². The van der Waals surface area contributed by atoms with E-state index in [0.29, 0.717) is 28.5 Å². The van der Waals surface area contributed by atoms with E-state index in [0.717, 1.165) is 36.6 Å². The fraction of sp³-hybridized carbons (Fsp3) is 0.407. The third-order valence-electron chi connectivity index (χ3n) is 5.84. The highest BCUT2D eigenvalue weighted by atomic mass is 79.9. The molecule has 3 N–H and O–H groups in total. The van der Waals surface area contributed by atoms with Crippen molar-refractivity contribution in [2.24, 2.45) is 0 Å². The van der Waals surface area contributed by atoms with E-state index in [1.807, 2.05) is 31.2 Å². The summed E-state index contributed by atoms with van der Waals surface area (Å²) in [5.41, 5.74) is 1.62. The van der Waals surface area contributed by atoms with Crippen LogP contribution >= 0.6 is 15.9 Å². The number of rotatable bonds is 10. The molecule has 1 aromatic heterocycles. The van der Waals surface area contributed by atoms with Gasteiger partial charge in [0.15, 0.2) is 0 Å². The fourth-order valence-electron chi connectivity index (χ4n) is 4.08. The van der Waals surface area contributed by atoms with Gasteiger partial charge in [-0.3, -0.25) is 4.90 Å². The summed E-state index contributed by atoms with van der Waals surface area (Å²) in [6.07, 6.45) is 4.27. The lowest BCUT2D eigenvalue weighted by Gasteiger charge is -2.21. The van der Waals surface area contributed by atoms with Gasteiger partial charge in [0.05, 0.1) is 4.90 Å². The Balaban J connectivity index is 1.42. The van der Waals surface area contributed by atoms with Crippen molar-refractivity contribution in [1.82, 2.24) is 19.6 Å². The molecule has 1 aliphatic heterocycles. The molecule has 11 heteroatoms. The molecule has 0 amide bonds. The highest BCUT2D eigenvalue weighted by Crippen LogP contribution is 2.27. The van der Waals surface area contributed by atoms with E-state index >= 15 is 0 Å². The van der Waals surface area contributed by atoms with E-state index in [2.05, 4.69) is 46.2 Å². The van der Waals surface area contributed by atoms with Gasteiger partial charge in [0, 0.05) is 39.7 Å². The van der Waals surface area contributed by atoms with Crippen LogP contribution in [-0.2, 0) is 10.0 Å². The maximum absolute atomic E-state index is 12.9. The number of hydrogen-bond acceptors (Lipinski definition) is 8. The van der Waals surface area contributed by atoms with E-state index < -0.39 is 15.6 Å². The molecule has 0 aliphatic carbocycles. The first-order valence-corrected chi connectivity index (χ1v) is 14.9. The van der Waals surface area contributed by atoms with Gasteiger partial charge >= 0.3 is 0 Å². The molecular formula is C27H35BrN6O3S. The van der Waals surface area contributed by atoms with Gasteiger partial charge in [-0.25, -0.2) is 18.1 Å². The zero-order valence-corrected chi connectivity index (χ0v) is 24.6. The molecule has 204 valence electrons. The minimum atomic E-state index is -3.71. The monoisotopic (exact) mass is 602 g/mol. The third-order valence-corrected chi connectivity index (χ3v) is 8.04. The molecular weight excluding hydrogens is 568 g/mol. The Hall–Kier alpha value is -2.73. The number of aryl methyl sites for hydroxylation is 1. The molecule has 2 aromatic carbocycles. The Labute approximate surface area is 233 Å². The topological polar surface area (TPSA) is 108 Å². The maximum Gasteiger partial charge on any atom is 0.241 e. The molecule has 1 saturated heterocycles. The second-order valence-electron chi connectivity index (χ2n) is 10.4. The lowest BCUT2D eigenvalue weighted by atomic mass is 10.1. The summed E-state index contributed by atoms with van der Waals surface area (Å²) < 4.78 is 34.9. The van der Waals surface area contributed by atoms with Crippen LogP contribution in [0.5, 0.6) is 5.75 Å². The van der Waals surface area contributed by atoms with Gasteiger partial charge in [0.2, 0.25) is 16.0 Å². The number of ether oxygens (including phenoxy) is 1. The van der Waals surface area contributed by atoms with Crippen molar-refractivity contribution >= 4 is 49.1 Å². The molecule has 0 radical (unpaired) electrons. The van der Waals surface area contributed by atoms with Gasteiger partial charge in [-0.15, -0.1) is 0 Å². The molecule has 3 aromatic rings. The van der Waals surface area contributed by atoms with Gasteiger partial charge in [0.1, 0.15) is 18.2 Å². The van der Waals surface area contributed by atoms with Crippen LogP contribution in [0.15, 0.2) is 58.0 Å². The summed E-state index contributed by atoms with van der Waals surface area (Å²) in [4.78, 5) is 11.6. The normalized spacial score (nSPS) is 14.4. The second-order valence-corrected chi connectivity index (χ2v) is 13.0. The molecule has 0 bridgehead atoms. The molecule has 0 unspecified atom stereocenters. The molecule has 4 rings (SSSR count). The summed E-state index contributed by atoms with van der Waals surface area (Å²) in [5.74, 6) is 1.80. The second kappa shape index (κ2) is 12.0. The Bertz CT molecular complexity index is 1350. The first-order valence-electron chi connectivity index (χ1n) is 12.6. The van der Waals surface area contributed by atoms with Crippen molar-refractivity contribution in [3.8, 4) is 5.75 Å². The summed E-state index contributed by atoms with van der Waals surface area (Å²) in [6.45, 7) is 11.2. The van der Waals surface area contributed by atoms with E-state index in [1.165, 1.54) is 12.8 Å². The lowest BCUT2D eigenvalue weighted by Crippen LogP contribution is -2.40. The third kappa shape index (κ3) is 8.13. The average Bonchev–Trinajstić information content (AvgIpc) is 3.34. The number of nitrogens with zero attached hydrogens (tertiary/aromatic N) is 3. The summed E-state index contributed by atoms with van der Waals surface area (Å²) in [6, 6.07) is 12.6. The number of likely N-dealkylation sites (tertiary alicyclic amines) is 1. The van der Waals surface area contributed by atoms with Crippen molar-refractivity contribution < 1.29 is 13.2 Å². The smallest absolute Gasteiger partial charge is 0.241 e. The van der Waals surface area contributed by atoms with Crippen molar-refractivity contribution in [2.75, 3.05) is 36.9 Å². The van der Waals surface area contributed by atoms with Crippen molar-refractivity contribution in [2.45, 2.75) is 51.0 Å². The zero-order valence-electron chi connectivity index (χ0n) is 22.2. The molecule has 9 nitrogen and oxygen atoms in total. The van der Waals surface area contributed by atoms with Crippen molar-refractivity contribution in [3.05, 3.63) is 58.7 Å². The molecule has 0 spiro atoms. The molecule has 0 atom stereocenters. The van der Waals surface area contributed by atoms with Crippen LogP contribution < -0.4 is 20.1 Å². The quantitative estimate of drug-likeness (QED) is 0.276. The van der Waals surface area contributed by atoms with Gasteiger partial charge in [-0.05, 0) is 96.1 Å². The van der Waals surface area contributed by atoms with Crippen LogP contribution in [0.25, 0.3) is 0 Å². The minimum Gasteiger partial charge on any atom is -0.492 e. The summed E-state index contributed by atoms with van der Waals surface area (Å²) in [5, 5.41) is 6.45. The SMILES string of the molecule is Cc1cnc(Nc2ccc(OCCN3CCCC3)cc2)nc1Nc1cc(Br)cc(S(=O)(=O)NC(C)(C)C)c1. The number of benzene rings is 2. The number of hydrogen-bond donors (Lipinski definition) is 3. The van der Waals surface area contributed by atoms with Crippen molar-refractivity contribution in [1.29, 1.82) is 0 Å². The number of sulfonamides is 1. The Morgan fingerprint density at radius 2 is 1.74 bits per heavy atom. The minimum absolute atomic E-state index is 0.150. The van der Waals surface area contributed by atoms with Crippen LogP contribution in [0, 0.1) is 6.92 Å². The number of aromatic nitrogens is 2. The Morgan fingerprint density at radius 1 is 1.03 bits per heavy atom. The largest absolute Gasteiger partial charge is 0.492 e. The van der Waals surface area contributed by atoms with Crippen LogP contribution in [0.1, 0.15) is 39.2 Å². The van der Waals surface area contributed by atoms with Gasteiger partial charge < -0.3 is 15.4 Å². The standard InChI is InChI=1S/C27H35BrN6O3S/c1-19-18-29-26(31-21-7-9-23(10-8-21)37-14-13-34-11-5-6-12-34)32-25(19)30-22-15-20(28)16-24(17-22)38(35,36)33-27(2,3)4/h7-10,15-18,33H,5-6,11-14H2,1-4H3,(H2,29,30,31,32). The van der Waals surface area contributed by atoms with Crippen LogP contribution in [0.4, 0.5) is 23.1 Å². The number of anilines is 4. The predicted octanol–water partition coefficient (Wildman–Crippen LogP) is 5.59. The predicted molar refractivity (Wildman–Crippen MR) is 155 cm³/mol. The van der Waals surface area contributed by atoms with E-state index in [-0.39, 0.29) is 4.90 Å². The van der Waals surface area contributed by atoms with Crippen LogP contribution in [0.2, 0.25) is 0 Å². The summed E-state index contributed by atoms with van der Waals surface area (Å²) >= 11 is 3.42. The maximum atomic E-state index is 12.9. The van der Waals surface area contributed by atoms with Gasteiger partial charge in [-0.1, -0.05) is 15.9 Å². The van der Waals surface area contributed by atoms with E-state index in [1.54, 1.807) is 45.2 Å². The first-order chi connectivity index (χ1) is 18.0. The molecule has 1 aliphatic rings. The number of nitrogens with one attached hydrogen (secondary N) is 3. The fourth-order valence-corrected chi connectivity index (χ4v) is 6.21. The zero-order chi connectivity index (χ0) is 27.3. The van der Waals surface area contributed by atoms with E-state index in [4.69, 9.17) is 4.74 Å². The molecule has 38 heavy (non-hydrogen) atoms. The van der Waals surface area contributed by atoms with Gasteiger partial charge in [0.25, 0.3) is 0 Å². The average molecular weight is 604 g/mol. The highest BCUT2D eigenvalue weighted by Gasteiger charge is 2.23. The lowest BCUT2D eigenvalue weighted by molar-refractivity contribution is 0.238. The first kappa shape index (κ1) is 28.3. The van der Waals surface area contributed by atoms with Crippen molar-refractivity contribution in [3.63, 3.8) is 0 Å². The summed E-state index contributed by atoms with van der Waals surface area (Å²) in [7, 11) is -3.71. The Morgan fingerprint density at radius 3 is 2.42 bits per heavy atom. The highest BCUT2D eigenvalue weighted by molar-refractivity contribution is 9.10. The van der Waals surface area contributed by atoms with E-state index in [9.17, 15) is 8.42 Å². The molecule has 1 fully saturated rings. The number of halogens is 1. The Kier molecular flexibility index (Phi) is 8.92. The van der Waals surface area contributed by atoms with Crippen LogP contribution in [-0.4, -0.2) is 55.1 Å².